The van der Waals surface area contributed by atoms with E-state index in [1.54, 1.807) is 0 Å². The molecule has 0 aliphatic heterocycles. The highest BCUT2D eigenvalue weighted by atomic mass is 16.1. The second-order valence-electron chi connectivity index (χ2n) is 4.05. The summed E-state index contributed by atoms with van der Waals surface area (Å²) in [6, 6.07) is 8.57. The molecular weight excluding hydrogens is 212 g/mol. The number of rotatable bonds is 7. The summed E-state index contributed by atoms with van der Waals surface area (Å²) in [4.78, 5) is 11.3. The fraction of sp³-hybridized carbons (Fsp3) is 0.500. The first kappa shape index (κ1) is 13.7. The number of carbonyl (C=O) groups is 1. The zero-order chi connectivity index (χ0) is 12.5. The highest BCUT2D eigenvalue weighted by Crippen LogP contribution is 2.05. The summed E-state index contributed by atoms with van der Waals surface area (Å²) in [5, 5.41) is 5.89. The summed E-state index contributed by atoms with van der Waals surface area (Å²) < 4.78 is 0. The van der Waals surface area contributed by atoms with Gasteiger partial charge in [-0.2, -0.15) is 0 Å². The summed E-state index contributed by atoms with van der Waals surface area (Å²) in [6.07, 6.45) is 1.96. The number of amides is 1. The maximum Gasteiger partial charge on any atom is 0.233 e. The van der Waals surface area contributed by atoms with E-state index < -0.39 is 0 Å². The van der Waals surface area contributed by atoms with Crippen LogP contribution >= 0.6 is 0 Å². The molecule has 2 N–H and O–H groups in total. The van der Waals surface area contributed by atoms with E-state index in [0.717, 1.165) is 19.4 Å². The van der Waals surface area contributed by atoms with Crippen molar-refractivity contribution >= 4 is 5.91 Å². The Morgan fingerprint density at radius 1 is 1.12 bits per heavy atom. The predicted molar refractivity (Wildman–Crippen MR) is 71.1 cm³/mol. The SMILES string of the molecule is CCNCC(=O)NCCc1ccc(CC)cc1. The minimum Gasteiger partial charge on any atom is -0.355 e. The van der Waals surface area contributed by atoms with Crippen molar-refractivity contribution < 1.29 is 4.79 Å². The number of hydrogen-bond donors (Lipinski definition) is 2. The minimum absolute atomic E-state index is 0.0667. The van der Waals surface area contributed by atoms with Crippen molar-refractivity contribution in [3.05, 3.63) is 35.4 Å². The highest BCUT2D eigenvalue weighted by Gasteiger charge is 1.99. The molecule has 0 fully saturated rings. The molecular formula is C14H22N2O. The maximum atomic E-state index is 11.3. The quantitative estimate of drug-likeness (QED) is 0.751. The molecule has 0 heterocycles. The molecule has 0 aliphatic rings. The maximum absolute atomic E-state index is 11.3. The van der Waals surface area contributed by atoms with Crippen LogP contribution in [0, 0.1) is 0 Å². The minimum atomic E-state index is 0.0667. The fourth-order valence-corrected chi connectivity index (χ4v) is 1.59. The zero-order valence-corrected chi connectivity index (χ0v) is 10.8. The van der Waals surface area contributed by atoms with Crippen molar-refractivity contribution in [1.82, 2.24) is 10.6 Å². The van der Waals surface area contributed by atoms with E-state index >= 15 is 0 Å². The van der Waals surface area contributed by atoms with Gasteiger partial charge in [-0.15, -0.1) is 0 Å². The molecule has 0 saturated heterocycles. The monoisotopic (exact) mass is 234 g/mol. The molecule has 1 amide bonds. The van der Waals surface area contributed by atoms with Crippen LogP contribution in [-0.2, 0) is 17.6 Å². The van der Waals surface area contributed by atoms with Crippen molar-refractivity contribution in [2.24, 2.45) is 0 Å². The van der Waals surface area contributed by atoms with Gasteiger partial charge in [-0.05, 0) is 30.5 Å². The van der Waals surface area contributed by atoms with Gasteiger partial charge in [-0.3, -0.25) is 4.79 Å². The Balaban J connectivity index is 2.23. The van der Waals surface area contributed by atoms with Crippen LogP contribution in [0.5, 0.6) is 0 Å². The van der Waals surface area contributed by atoms with E-state index in [9.17, 15) is 4.79 Å². The van der Waals surface area contributed by atoms with Gasteiger partial charge in [0.15, 0.2) is 0 Å². The molecule has 0 unspecified atom stereocenters. The van der Waals surface area contributed by atoms with Gasteiger partial charge in [0.2, 0.25) is 5.91 Å². The van der Waals surface area contributed by atoms with Crippen LogP contribution in [0.1, 0.15) is 25.0 Å². The third-order valence-electron chi connectivity index (χ3n) is 2.70. The molecule has 0 radical (unpaired) electrons. The lowest BCUT2D eigenvalue weighted by Gasteiger charge is -2.06. The second kappa shape index (κ2) is 7.85. The van der Waals surface area contributed by atoms with Crippen LogP contribution in [0.25, 0.3) is 0 Å². The van der Waals surface area contributed by atoms with E-state index in [1.165, 1.54) is 11.1 Å². The Labute approximate surface area is 104 Å². The zero-order valence-electron chi connectivity index (χ0n) is 10.8. The lowest BCUT2D eigenvalue weighted by molar-refractivity contribution is -0.120. The smallest absolute Gasteiger partial charge is 0.233 e. The fourth-order valence-electron chi connectivity index (χ4n) is 1.59. The number of nitrogens with one attached hydrogen (secondary N) is 2. The van der Waals surface area contributed by atoms with Crippen molar-refractivity contribution in [3.8, 4) is 0 Å². The summed E-state index contributed by atoms with van der Waals surface area (Å²) >= 11 is 0. The molecule has 17 heavy (non-hydrogen) atoms. The first-order chi connectivity index (χ1) is 8.26. The molecule has 0 aliphatic carbocycles. The van der Waals surface area contributed by atoms with Gasteiger partial charge in [-0.1, -0.05) is 38.1 Å². The molecule has 3 heteroatoms. The largest absolute Gasteiger partial charge is 0.355 e. The lowest BCUT2D eigenvalue weighted by atomic mass is 10.1. The number of hydrogen-bond acceptors (Lipinski definition) is 2. The van der Waals surface area contributed by atoms with E-state index in [1.807, 2.05) is 6.92 Å². The second-order valence-corrected chi connectivity index (χ2v) is 4.05. The van der Waals surface area contributed by atoms with E-state index in [2.05, 4.69) is 41.8 Å². The average molecular weight is 234 g/mol. The molecule has 1 aromatic rings. The average Bonchev–Trinajstić information content (AvgIpc) is 2.37. The van der Waals surface area contributed by atoms with Crippen molar-refractivity contribution in [2.75, 3.05) is 19.6 Å². The Kier molecular flexibility index (Phi) is 6.33. The normalized spacial score (nSPS) is 10.2. The number of benzene rings is 1. The van der Waals surface area contributed by atoms with Gasteiger partial charge in [0.25, 0.3) is 0 Å². The van der Waals surface area contributed by atoms with Crippen molar-refractivity contribution in [2.45, 2.75) is 26.7 Å². The van der Waals surface area contributed by atoms with Gasteiger partial charge >= 0.3 is 0 Å². The Morgan fingerprint density at radius 3 is 2.35 bits per heavy atom. The lowest BCUT2D eigenvalue weighted by Crippen LogP contribution is -2.34. The van der Waals surface area contributed by atoms with Crippen LogP contribution in [0.3, 0.4) is 0 Å². The summed E-state index contributed by atoms with van der Waals surface area (Å²) in [5.41, 5.74) is 2.62. The van der Waals surface area contributed by atoms with Crippen LogP contribution in [0.4, 0.5) is 0 Å². The van der Waals surface area contributed by atoms with Crippen LogP contribution in [0.15, 0.2) is 24.3 Å². The van der Waals surface area contributed by atoms with Crippen LogP contribution < -0.4 is 10.6 Å². The highest BCUT2D eigenvalue weighted by molar-refractivity contribution is 5.77. The Morgan fingerprint density at radius 2 is 1.76 bits per heavy atom. The topological polar surface area (TPSA) is 41.1 Å². The molecule has 0 spiro atoms. The number of likely N-dealkylation sites (N-methyl/N-ethyl adjacent to an activating group) is 1. The number of aryl methyl sites for hydroxylation is 1. The summed E-state index contributed by atoms with van der Waals surface area (Å²) in [5.74, 6) is 0.0667. The van der Waals surface area contributed by atoms with Gasteiger partial charge in [0.05, 0.1) is 6.54 Å². The Hall–Kier alpha value is -1.35. The number of carbonyl (C=O) groups excluding carboxylic acids is 1. The standard InChI is InChI=1S/C14H22N2O/c1-3-12-5-7-13(8-6-12)9-10-16-14(17)11-15-4-2/h5-8,15H,3-4,9-11H2,1-2H3,(H,16,17). The molecule has 3 nitrogen and oxygen atoms in total. The van der Waals surface area contributed by atoms with Gasteiger partial charge in [0.1, 0.15) is 0 Å². The molecule has 0 bridgehead atoms. The van der Waals surface area contributed by atoms with E-state index in [4.69, 9.17) is 0 Å². The third kappa shape index (κ3) is 5.50. The van der Waals surface area contributed by atoms with E-state index in [0.29, 0.717) is 13.1 Å². The summed E-state index contributed by atoms with van der Waals surface area (Å²) in [7, 11) is 0. The molecule has 1 rings (SSSR count). The van der Waals surface area contributed by atoms with E-state index in [-0.39, 0.29) is 5.91 Å². The van der Waals surface area contributed by atoms with Gasteiger partial charge < -0.3 is 10.6 Å². The molecule has 0 saturated carbocycles. The first-order valence-corrected chi connectivity index (χ1v) is 6.31. The molecule has 0 atom stereocenters. The molecule has 1 aromatic carbocycles. The molecule has 94 valence electrons. The third-order valence-corrected chi connectivity index (χ3v) is 2.70. The van der Waals surface area contributed by atoms with Gasteiger partial charge in [0, 0.05) is 6.54 Å². The Bertz CT molecular complexity index is 333. The van der Waals surface area contributed by atoms with Crippen molar-refractivity contribution in [1.29, 1.82) is 0 Å². The molecule has 0 aromatic heterocycles. The predicted octanol–water partition coefficient (Wildman–Crippen LogP) is 1.52. The van der Waals surface area contributed by atoms with Gasteiger partial charge in [-0.25, -0.2) is 0 Å². The first-order valence-electron chi connectivity index (χ1n) is 6.31. The summed E-state index contributed by atoms with van der Waals surface area (Å²) in [6.45, 7) is 6.07. The van der Waals surface area contributed by atoms with Crippen molar-refractivity contribution in [3.63, 3.8) is 0 Å². The van der Waals surface area contributed by atoms with Crippen LogP contribution in [-0.4, -0.2) is 25.5 Å². The van der Waals surface area contributed by atoms with Crippen LogP contribution in [0.2, 0.25) is 0 Å².